The molecule has 0 unspecified atom stereocenters. The Morgan fingerprint density at radius 1 is 1.20 bits per heavy atom. The van der Waals surface area contributed by atoms with Gasteiger partial charge in [0.25, 0.3) is 5.91 Å². The summed E-state index contributed by atoms with van der Waals surface area (Å²) in [5.74, 6) is -2.02. The third-order valence-electron chi connectivity index (χ3n) is 7.21. The number of hydrogen-bond acceptors (Lipinski definition) is 6. The maximum absolute atomic E-state index is 14.6. The normalized spacial score (nSPS) is 17.9. The molecule has 13 heteroatoms. The van der Waals surface area contributed by atoms with Crippen molar-refractivity contribution >= 4 is 22.7 Å². The van der Waals surface area contributed by atoms with Gasteiger partial charge in [-0.05, 0) is 49.4 Å². The van der Waals surface area contributed by atoms with E-state index in [0.29, 0.717) is 16.7 Å². The minimum Gasteiger partial charge on any atom is -0.495 e. The molecule has 0 radical (unpaired) electrons. The number of alkyl halides is 3. The standard InChI is InChI=1S/C28H24F4N4O5/c1-26(25(33)38)13-41-23-17(26)11-20(36-22(23)14-6-8-16(29)9-7-14)27(39,28(30,31)32)12-34-24(37)18-10-15-4-3-5-19(40-2)21(15)35-18/h3-11,35,39H,12-13H2,1-2H3,(H2,33,38)(H,34,37)/t26-,27-/m0/s1. The van der Waals surface area contributed by atoms with Crippen molar-refractivity contribution in [2.45, 2.75) is 24.1 Å². The average molecular weight is 573 g/mol. The Hall–Kier alpha value is -4.65. The van der Waals surface area contributed by atoms with E-state index in [9.17, 15) is 32.3 Å². The van der Waals surface area contributed by atoms with E-state index in [0.717, 1.165) is 18.2 Å². The first-order valence-electron chi connectivity index (χ1n) is 12.3. The predicted octanol–water partition coefficient (Wildman–Crippen LogP) is 3.69. The third kappa shape index (κ3) is 4.61. The van der Waals surface area contributed by atoms with Gasteiger partial charge in [0.15, 0.2) is 0 Å². The zero-order valence-electron chi connectivity index (χ0n) is 21.7. The number of H-pyrrole nitrogens is 1. The number of aromatic nitrogens is 2. The van der Waals surface area contributed by atoms with Crippen molar-refractivity contribution in [1.29, 1.82) is 0 Å². The quantitative estimate of drug-likeness (QED) is 0.249. The van der Waals surface area contributed by atoms with E-state index in [1.54, 1.807) is 18.2 Å². The molecule has 0 saturated heterocycles. The number of aromatic amines is 1. The number of rotatable bonds is 7. The lowest BCUT2D eigenvalue weighted by atomic mass is 9.81. The molecule has 2 aromatic heterocycles. The number of pyridine rings is 1. The second kappa shape index (κ2) is 9.77. The number of hydrogen-bond donors (Lipinski definition) is 4. The number of nitrogens with one attached hydrogen (secondary N) is 2. The molecule has 214 valence electrons. The van der Waals surface area contributed by atoms with Crippen LogP contribution in [0.5, 0.6) is 11.5 Å². The van der Waals surface area contributed by atoms with Gasteiger partial charge in [-0.15, -0.1) is 0 Å². The Morgan fingerprint density at radius 3 is 2.54 bits per heavy atom. The van der Waals surface area contributed by atoms with Crippen molar-refractivity contribution in [1.82, 2.24) is 15.3 Å². The number of primary amides is 1. The monoisotopic (exact) mass is 572 g/mol. The number of fused-ring (bicyclic) bond motifs is 2. The van der Waals surface area contributed by atoms with E-state index in [4.69, 9.17) is 15.2 Å². The highest BCUT2D eigenvalue weighted by Gasteiger charge is 2.57. The van der Waals surface area contributed by atoms with E-state index >= 15 is 0 Å². The van der Waals surface area contributed by atoms with Crippen molar-refractivity contribution in [3.63, 3.8) is 0 Å². The molecule has 0 fully saturated rings. The Morgan fingerprint density at radius 2 is 1.90 bits per heavy atom. The van der Waals surface area contributed by atoms with E-state index in [1.807, 2.05) is 0 Å². The van der Waals surface area contributed by atoms with Crippen LogP contribution in [0.2, 0.25) is 0 Å². The largest absolute Gasteiger partial charge is 0.495 e. The van der Waals surface area contributed by atoms with Crippen LogP contribution < -0.4 is 20.5 Å². The molecule has 0 aliphatic carbocycles. The summed E-state index contributed by atoms with van der Waals surface area (Å²) in [7, 11) is 1.43. The first-order valence-corrected chi connectivity index (χ1v) is 12.3. The van der Waals surface area contributed by atoms with Gasteiger partial charge >= 0.3 is 6.18 Å². The lowest BCUT2D eigenvalue weighted by Crippen LogP contribution is -2.52. The number of para-hydroxylation sites is 1. The minimum absolute atomic E-state index is 0.0257. The number of carbonyl (C=O) groups excluding carboxylic acids is 2. The lowest BCUT2D eigenvalue weighted by Gasteiger charge is -2.31. The molecule has 2 aromatic carbocycles. The van der Waals surface area contributed by atoms with Crippen LogP contribution in [0.15, 0.2) is 54.6 Å². The maximum Gasteiger partial charge on any atom is 0.424 e. The number of halogens is 4. The maximum atomic E-state index is 14.6. The Bertz CT molecular complexity index is 1670. The van der Waals surface area contributed by atoms with Gasteiger partial charge in [-0.1, -0.05) is 12.1 Å². The fraction of sp³-hybridized carbons (Fsp3) is 0.250. The number of nitrogens with two attached hydrogens (primary N) is 1. The number of aliphatic hydroxyl groups is 1. The summed E-state index contributed by atoms with van der Waals surface area (Å²) in [6, 6.07) is 12.0. The van der Waals surface area contributed by atoms with Crippen LogP contribution in [-0.4, -0.2) is 53.3 Å². The summed E-state index contributed by atoms with van der Waals surface area (Å²) in [6.45, 7) is -0.232. The predicted molar refractivity (Wildman–Crippen MR) is 139 cm³/mol. The molecular weight excluding hydrogens is 548 g/mol. The number of nitrogens with zero attached hydrogens (tertiary/aromatic N) is 1. The van der Waals surface area contributed by atoms with E-state index in [2.05, 4.69) is 15.3 Å². The highest BCUT2D eigenvalue weighted by molar-refractivity contribution is 5.99. The zero-order valence-corrected chi connectivity index (χ0v) is 21.7. The Labute approximate surface area is 230 Å². The number of carbonyl (C=O) groups is 2. The van der Waals surface area contributed by atoms with Crippen LogP contribution in [0.3, 0.4) is 0 Å². The molecule has 1 aliphatic rings. The SMILES string of the molecule is COc1cccc2cc(C(=O)NC[C@](O)(c3cc4c(c(-c5ccc(F)cc5)n3)OC[C@]4(C)C(N)=O)C(F)(F)F)[nH]c12. The van der Waals surface area contributed by atoms with Gasteiger partial charge in [0, 0.05) is 16.5 Å². The van der Waals surface area contributed by atoms with Gasteiger partial charge in [0.05, 0.1) is 24.9 Å². The van der Waals surface area contributed by atoms with Gasteiger partial charge in [-0.2, -0.15) is 13.2 Å². The van der Waals surface area contributed by atoms with Crippen LogP contribution in [-0.2, 0) is 15.8 Å². The van der Waals surface area contributed by atoms with Crippen LogP contribution >= 0.6 is 0 Å². The molecule has 2 amide bonds. The smallest absolute Gasteiger partial charge is 0.424 e. The van der Waals surface area contributed by atoms with Crippen molar-refractivity contribution in [3.05, 3.63) is 77.4 Å². The van der Waals surface area contributed by atoms with Crippen molar-refractivity contribution in [2.24, 2.45) is 5.73 Å². The summed E-state index contributed by atoms with van der Waals surface area (Å²) in [6.07, 6.45) is -5.34. The third-order valence-corrected chi connectivity index (χ3v) is 7.21. The van der Waals surface area contributed by atoms with Crippen LogP contribution in [0, 0.1) is 5.82 Å². The second-order valence-electron chi connectivity index (χ2n) is 9.87. The van der Waals surface area contributed by atoms with Crippen molar-refractivity contribution in [2.75, 3.05) is 20.3 Å². The van der Waals surface area contributed by atoms with Gasteiger partial charge in [-0.3, -0.25) is 9.59 Å². The average Bonchev–Trinajstić information content (AvgIpc) is 3.53. The number of amides is 2. The molecule has 1 aliphatic heterocycles. The molecule has 0 bridgehead atoms. The summed E-state index contributed by atoms with van der Waals surface area (Å²) >= 11 is 0. The van der Waals surface area contributed by atoms with E-state index < -0.39 is 47.1 Å². The summed E-state index contributed by atoms with van der Waals surface area (Å²) in [5, 5.41) is 13.8. The van der Waals surface area contributed by atoms with Gasteiger partial charge in [-0.25, -0.2) is 9.37 Å². The first kappa shape index (κ1) is 27.9. The van der Waals surface area contributed by atoms with Crippen LogP contribution in [0.4, 0.5) is 17.6 Å². The summed E-state index contributed by atoms with van der Waals surface area (Å²) in [5.41, 5.74) is -0.260. The molecule has 5 N–H and O–H groups in total. The fourth-order valence-electron chi connectivity index (χ4n) is 4.66. The summed E-state index contributed by atoms with van der Waals surface area (Å²) in [4.78, 5) is 32.1. The number of ether oxygens (including phenoxy) is 2. The van der Waals surface area contributed by atoms with Crippen molar-refractivity contribution in [3.8, 4) is 22.8 Å². The Balaban J connectivity index is 1.58. The summed E-state index contributed by atoms with van der Waals surface area (Å²) < 4.78 is 68.2. The molecular formula is C28H24F4N4O5. The zero-order chi connectivity index (χ0) is 29.7. The van der Waals surface area contributed by atoms with Gasteiger partial charge < -0.3 is 30.6 Å². The second-order valence-corrected chi connectivity index (χ2v) is 9.87. The highest BCUT2D eigenvalue weighted by Crippen LogP contribution is 2.47. The molecule has 5 rings (SSSR count). The topological polar surface area (TPSA) is 140 Å². The highest BCUT2D eigenvalue weighted by atomic mass is 19.4. The van der Waals surface area contributed by atoms with Gasteiger partial charge in [0.1, 0.15) is 40.7 Å². The van der Waals surface area contributed by atoms with Gasteiger partial charge in [0.2, 0.25) is 11.5 Å². The lowest BCUT2D eigenvalue weighted by molar-refractivity contribution is -0.265. The van der Waals surface area contributed by atoms with Crippen LogP contribution in [0.25, 0.3) is 22.2 Å². The molecule has 0 spiro atoms. The fourth-order valence-corrected chi connectivity index (χ4v) is 4.66. The molecule has 41 heavy (non-hydrogen) atoms. The molecule has 3 heterocycles. The van der Waals surface area contributed by atoms with E-state index in [-0.39, 0.29) is 34.9 Å². The number of benzene rings is 2. The Kier molecular flexibility index (Phi) is 6.65. The molecule has 9 nitrogen and oxygen atoms in total. The number of methoxy groups -OCH3 is 1. The van der Waals surface area contributed by atoms with Crippen LogP contribution in [0.1, 0.15) is 28.7 Å². The molecule has 2 atom stereocenters. The van der Waals surface area contributed by atoms with Crippen molar-refractivity contribution < 1.29 is 41.7 Å². The minimum atomic E-state index is -5.34. The molecule has 4 aromatic rings. The van der Waals surface area contributed by atoms with E-state index in [1.165, 1.54) is 32.2 Å². The first-order chi connectivity index (χ1) is 19.3. The molecule has 0 saturated carbocycles.